The molecule has 3 heterocycles. The van der Waals surface area contributed by atoms with Crippen LogP contribution in [0.15, 0.2) is 30.5 Å². The summed E-state index contributed by atoms with van der Waals surface area (Å²) in [7, 11) is 0. The third-order valence-corrected chi connectivity index (χ3v) is 6.24. The highest BCUT2D eigenvalue weighted by Crippen LogP contribution is 2.31. The highest BCUT2D eigenvalue weighted by atomic mass is 16.5. The molecule has 7 nitrogen and oxygen atoms in total. The minimum atomic E-state index is -0.135. The number of aromatic nitrogens is 2. The van der Waals surface area contributed by atoms with Gasteiger partial charge in [0.1, 0.15) is 5.75 Å². The monoisotopic (exact) mass is 436 g/mol. The second-order valence-electron chi connectivity index (χ2n) is 8.64. The van der Waals surface area contributed by atoms with Gasteiger partial charge in [-0.1, -0.05) is 19.1 Å². The van der Waals surface area contributed by atoms with Gasteiger partial charge >= 0.3 is 0 Å². The molecule has 2 fully saturated rings. The van der Waals surface area contributed by atoms with E-state index >= 15 is 0 Å². The number of ether oxygens (including phenoxy) is 1. The van der Waals surface area contributed by atoms with Crippen LogP contribution >= 0.6 is 0 Å². The van der Waals surface area contributed by atoms with Crippen LogP contribution in [0.25, 0.3) is 0 Å². The number of hydrogen-bond acceptors (Lipinski definition) is 5. The first-order chi connectivity index (χ1) is 15.6. The molecule has 2 aliphatic heterocycles. The van der Waals surface area contributed by atoms with Crippen molar-refractivity contribution in [3.63, 3.8) is 0 Å². The van der Waals surface area contributed by atoms with E-state index < -0.39 is 0 Å². The van der Waals surface area contributed by atoms with Gasteiger partial charge in [-0.2, -0.15) is 0 Å². The number of carbonyl (C=O) groups excluding carboxylic acids is 2. The first kappa shape index (κ1) is 22.2. The summed E-state index contributed by atoms with van der Waals surface area (Å²) in [5, 5.41) is 0. The largest absolute Gasteiger partial charge is 0.494 e. The lowest BCUT2D eigenvalue weighted by molar-refractivity contribution is -0.131. The van der Waals surface area contributed by atoms with Crippen molar-refractivity contribution in [2.24, 2.45) is 0 Å². The topological polar surface area (TPSA) is 75.6 Å². The zero-order valence-corrected chi connectivity index (χ0v) is 19.0. The molecule has 0 bridgehead atoms. The van der Waals surface area contributed by atoms with E-state index in [-0.39, 0.29) is 17.9 Å². The fraction of sp³-hybridized carbons (Fsp3) is 0.520. The average Bonchev–Trinajstić information content (AvgIpc) is 3.50. The molecule has 2 saturated heterocycles. The number of rotatable bonds is 7. The molecule has 7 heteroatoms. The van der Waals surface area contributed by atoms with Crippen LogP contribution in [0.2, 0.25) is 0 Å². The van der Waals surface area contributed by atoms with Crippen molar-refractivity contribution in [2.45, 2.75) is 58.4 Å². The minimum Gasteiger partial charge on any atom is -0.494 e. The molecule has 1 aromatic heterocycles. The molecule has 1 aromatic carbocycles. The molecule has 0 N–H and O–H groups in total. The van der Waals surface area contributed by atoms with Gasteiger partial charge in [-0.05, 0) is 56.7 Å². The molecule has 2 amide bonds. The Morgan fingerprint density at radius 1 is 1.09 bits per heavy atom. The average molecular weight is 437 g/mol. The lowest BCUT2D eigenvalue weighted by Gasteiger charge is -2.24. The molecule has 0 spiro atoms. The summed E-state index contributed by atoms with van der Waals surface area (Å²) in [5.41, 5.74) is 2.22. The van der Waals surface area contributed by atoms with Crippen molar-refractivity contribution in [1.29, 1.82) is 0 Å². The Morgan fingerprint density at radius 2 is 1.84 bits per heavy atom. The van der Waals surface area contributed by atoms with E-state index in [1.165, 1.54) is 0 Å². The number of amides is 2. The predicted octanol–water partition coefficient (Wildman–Crippen LogP) is 3.72. The second-order valence-corrected chi connectivity index (χ2v) is 8.64. The number of benzene rings is 1. The van der Waals surface area contributed by atoms with Gasteiger partial charge in [-0.25, -0.2) is 9.97 Å². The molecule has 2 aliphatic rings. The maximum atomic E-state index is 13.1. The van der Waals surface area contributed by atoms with Crippen molar-refractivity contribution in [3.8, 4) is 5.75 Å². The summed E-state index contributed by atoms with van der Waals surface area (Å²) in [6, 6.07) is 7.61. The van der Waals surface area contributed by atoms with Gasteiger partial charge in [0, 0.05) is 25.8 Å². The van der Waals surface area contributed by atoms with Crippen molar-refractivity contribution in [3.05, 3.63) is 53.1 Å². The van der Waals surface area contributed by atoms with E-state index in [2.05, 4.69) is 16.9 Å². The molecular weight excluding hydrogens is 404 g/mol. The molecule has 170 valence electrons. The molecule has 32 heavy (non-hydrogen) atoms. The van der Waals surface area contributed by atoms with Gasteiger partial charge in [0.25, 0.3) is 5.91 Å². The fourth-order valence-electron chi connectivity index (χ4n) is 4.48. The van der Waals surface area contributed by atoms with Crippen LogP contribution in [0.3, 0.4) is 0 Å². The molecule has 1 atom stereocenters. The number of aryl methyl sites for hydroxylation is 1. The van der Waals surface area contributed by atoms with Crippen molar-refractivity contribution in [2.75, 3.05) is 26.2 Å². The van der Waals surface area contributed by atoms with E-state index in [9.17, 15) is 9.59 Å². The summed E-state index contributed by atoms with van der Waals surface area (Å²) in [4.78, 5) is 38.7. The summed E-state index contributed by atoms with van der Waals surface area (Å²) in [6.07, 6.45) is 6.83. The molecule has 4 rings (SSSR count). The quantitative estimate of drug-likeness (QED) is 0.661. The molecule has 0 radical (unpaired) electrons. The maximum absolute atomic E-state index is 13.1. The highest BCUT2D eigenvalue weighted by Gasteiger charge is 2.32. The van der Waals surface area contributed by atoms with E-state index in [1.807, 2.05) is 41.0 Å². The third-order valence-electron chi connectivity index (χ3n) is 6.24. The zero-order chi connectivity index (χ0) is 22.5. The van der Waals surface area contributed by atoms with Crippen LogP contribution in [0, 0.1) is 6.92 Å². The Kier molecular flexibility index (Phi) is 7.02. The zero-order valence-electron chi connectivity index (χ0n) is 19.0. The highest BCUT2D eigenvalue weighted by molar-refractivity contribution is 5.95. The van der Waals surface area contributed by atoms with E-state index in [1.54, 1.807) is 6.20 Å². The number of hydrogen-bond donors (Lipinski definition) is 0. The first-order valence-corrected chi connectivity index (χ1v) is 11.7. The second kappa shape index (κ2) is 10.1. The smallest absolute Gasteiger partial charge is 0.257 e. The van der Waals surface area contributed by atoms with Crippen LogP contribution in [0.5, 0.6) is 5.75 Å². The van der Waals surface area contributed by atoms with E-state index in [0.29, 0.717) is 36.7 Å². The Balaban J connectivity index is 1.43. The SMILES string of the molecule is CCCOc1ccc(CC(=O)N2CCC[C@@H]2c2ncc(C(=O)N3CCCC3)c(C)n2)cc1. The van der Waals surface area contributed by atoms with Gasteiger partial charge in [-0.3, -0.25) is 9.59 Å². The van der Waals surface area contributed by atoms with Crippen LogP contribution < -0.4 is 4.74 Å². The number of likely N-dealkylation sites (tertiary alicyclic amines) is 2. The Hall–Kier alpha value is -2.96. The maximum Gasteiger partial charge on any atom is 0.257 e. The normalized spacial score (nSPS) is 18.2. The summed E-state index contributed by atoms with van der Waals surface area (Å²) in [5.74, 6) is 1.55. The van der Waals surface area contributed by atoms with Crippen LogP contribution in [-0.4, -0.2) is 57.8 Å². The summed E-state index contributed by atoms with van der Waals surface area (Å²) < 4.78 is 5.62. The minimum absolute atomic E-state index is 0.0114. The Morgan fingerprint density at radius 3 is 2.53 bits per heavy atom. The van der Waals surface area contributed by atoms with E-state index in [4.69, 9.17) is 4.74 Å². The third kappa shape index (κ3) is 4.92. The van der Waals surface area contributed by atoms with Gasteiger partial charge in [0.05, 0.1) is 30.3 Å². The van der Waals surface area contributed by atoms with Gasteiger partial charge in [0.15, 0.2) is 5.82 Å². The van der Waals surface area contributed by atoms with Crippen molar-refractivity contribution < 1.29 is 14.3 Å². The lowest BCUT2D eigenvalue weighted by atomic mass is 10.1. The van der Waals surface area contributed by atoms with Crippen molar-refractivity contribution in [1.82, 2.24) is 19.8 Å². The van der Waals surface area contributed by atoms with Gasteiger partial charge in [-0.15, -0.1) is 0 Å². The number of carbonyl (C=O) groups is 2. The standard InChI is InChI=1S/C25H32N4O3/c1-3-15-32-20-10-8-19(9-11-20)16-23(30)29-14-6-7-22(29)24-26-17-21(18(2)27-24)25(31)28-12-4-5-13-28/h8-11,17,22H,3-7,12-16H2,1-2H3/t22-/m1/s1. The fourth-order valence-corrected chi connectivity index (χ4v) is 4.48. The Bertz CT molecular complexity index is 954. The first-order valence-electron chi connectivity index (χ1n) is 11.7. The van der Waals surface area contributed by atoms with Crippen LogP contribution in [0.1, 0.15) is 72.5 Å². The molecule has 0 saturated carbocycles. The Labute approximate surface area is 189 Å². The lowest BCUT2D eigenvalue weighted by Crippen LogP contribution is -2.33. The van der Waals surface area contributed by atoms with E-state index in [0.717, 1.165) is 56.5 Å². The van der Waals surface area contributed by atoms with Gasteiger partial charge in [0.2, 0.25) is 5.91 Å². The van der Waals surface area contributed by atoms with Crippen LogP contribution in [0.4, 0.5) is 0 Å². The molecule has 0 aliphatic carbocycles. The van der Waals surface area contributed by atoms with Gasteiger partial charge < -0.3 is 14.5 Å². The van der Waals surface area contributed by atoms with Crippen molar-refractivity contribution >= 4 is 11.8 Å². The predicted molar refractivity (Wildman–Crippen MR) is 122 cm³/mol. The van der Waals surface area contributed by atoms with Crippen LogP contribution in [-0.2, 0) is 11.2 Å². The summed E-state index contributed by atoms with van der Waals surface area (Å²) >= 11 is 0. The number of nitrogens with zero attached hydrogens (tertiary/aromatic N) is 4. The molecule has 0 unspecified atom stereocenters. The molecular formula is C25H32N4O3. The summed E-state index contributed by atoms with van der Waals surface area (Å²) in [6.45, 7) is 6.93. The molecule has 2 aromatic rings.